The zero-order chi connectivity index (χ0) is 46.3. The van der Waals surface area contributed by atoms with Gasteiger partial charge in [0.25, 0.3) is 0 Å². The molecule has 15 rings (SSSR count). The Balaban J connectivity index is 0.935. The molecule has 0 aliphatic heterocycles. The molecule has 0 unspecified atom stereocenters. The van der Waals surface area contributed by atoms with Gasteiger partial charge in [0.05, 0.1) is 0 Å². The fraction of sp³-hybridized carbons (Fsp3) is 0.284. The van der Waals surface area contributed by atoms with E-state index >= 15 is 0 Å². The number of hydrogen-bond donors (Lipinski definition) is 0. The van der Waals surface area contributed by atoms with Crippen molar-refractivity contribution in [2.24, 2.45) is 0 Å². The SMILES string of the molecule is CC1(C)c2cc(N(c3ccc(C4CCCCC4)cc3)c3cc4ccc3CCc3ccc(c(N(c5ccccc5)c5ccc(C6CCCCC6)cc5)c3)CC4)ccc2-c2c(-c3ccccc3)cccc21. The lowest BCUT2D eigenvalue weighted by atomic mass is 9.81. The number of nitrogens with zero attached hydrogens (tertiary/aromatic N) is 2. The second kappa shape index (κ2) is 18.7. The normalized spacial score (nSPS) is 16.6. The van der Waals surface area contributed by atoms with Crippen LogP contribution in [0, 0.1) is 0 Å². The molecule has 0 N–H and O–H groups in total. The third-order valence-electron chi connectivity index (χ3n) is 16.6. The van der Waals surface area contributed by atoms with Gasteiger partial charge in [0.15, 0.2) is 0 Å². The summed E-state index contributed by atoms with van der Waals surface area (Å²) in [6, 6.07) is 70.4. The van der Waals surface area contributed by atoms with E-state index in [0.29, 0.717) is 11.8 Å². The number of fused-ring (bicyclic) bond motifs is 3. The third-order valence-corrected chi connectivity index (χ3v) is 16.6. The highest BCUT2D eigenvalue weighted by Gasteiger charge is 2.38. The predicted molar refractivity (Wildman–Crippen MR) is 292 cm³/mol. The quantitative estimate of drug-likeness (QED) is 0.142. The molecule has 0 atom stereocenters. The molecule has 0 radical (unpaired) electrons. The lowest BCUT2D eigenvalue weighted by Gasteiger charge is -2.31. The van der Waals surface area contributed by atoms with Crippen LogP contribution >= 0.6 is 0 Å². The number of benzene rings is 8. The molecule has 7 aliphatic rings. The molecular formula is C67H66N2. The van der Waals surface area contributed by atoms with E-state index in [-0.39, 0.29) is 5.41 Å². The summed E-state index contributed by atoms with van der Waals surface area (Å²) >= 11 is 0. The Bertz CT molecular complexity index is 3080. The van der Waals surface area contributed by atoms with Gasteiger partial charge in [-0.2, -0.15) is 0 Å². The van der Waals surface area contributed by atoms with Crippen molar-refractivity contribution in [2.45, 2.75) is 121 Å². The molecule has 8 aromatic rings. The van der Waals surface area contributed by atoms with Gasteiger partial charge in [-0.1, -0.05) is 174 Å². The minimum atomic E-state index is -0.155. The first kappa shape index (κ1) is 43.6. The second-order valence-electron chi connectivity index (χ2n) is 21.2. The lowest BCUT2D eigenvalue weighted by Crippen LogP contribution is -2.18. The van der Waals surface area contributed by atoms with Crippen LogP contribution in [0.25, 0.3) is 22.3 Å². The Morgan fingerprint density at radius 2 is 0.870 bits per heavy atom. The first-order valence-corrected chi connectivity index (χ1v) is 26.4. The van der Waals surface area contributed by atoms with Crippen molar-refractivity contribution in [2.75, 3.05) is 9.80 Å². The maximum atomic E-state index is 2.61. The van der Waals surface area contributed by atoms with E-state index < -0.39 is 0 Å². The number of aryl methyl sites for hydroxylation is 4. The fourth-order valence-electron chi connectivity index (χ4n) is 12.8. The van der Waals surface area contributed by atoms with E-state index in [1.54, 1.807) is 0 Å². The van der Waals surface area contributed by atoms with Crippen LogP contribution in [-0.2, 0) is 31.1 Å². The highest BCUT2D eigenvalue weighted by Crippen LogP contribution is 2.54. The zero-order valence-corrected chi connectivity index (χ0v) is 40.8. The highest BCUT2D eigenvalue weighted by molar-refractivity contribution is 5.94. The van der Waals surface area contributed by atoms with Crippen LogP contribution in [0.3, 0.4) is 0 Å². The molecule has 2 saturated carbocycles. The Hall–Kier alpha value is -6.64. The summed E-state index contributed by atoms with van der Waals surface area (Å²) in [7, 11) is 0. The Morgan fingerprint density at radius 1 is 0.377 bits per heavy atom. The minimum absolute atomic E-state index is 0.155. The summed E-state index contributed by atoms with van der Waals surface area (Å²) in [6.07, 6.45) is 17.2. The minimum Gasteiger partial charge on any atom is -0.310 e. The van der Waals surface area contributed by atoms with Crippen molar-refractivity contribution in [3.05, 3.63) is 226 Å². The van der Waals surface area contributed by atoms with Gasteiger partial charge in [0.2, 0.25) is 0 Å². The van der Waals surface area contributed by atoms with Crippen LogP contribution in [0.2, 0.25) is 0 Å². The molecule has 0 saturated heterocycles. The topological polar surface area (TPSA) is 6.48 Å². The van der Waals surface area contributed by atoms with Crippen molar-refractivity contribution < 1.29 is 0 Å². The molecule has 2 fully saturated rings. The van der Waals surface area contributed by atoms with Crippen LogP contribution in [0.15, 0.2) is 182 Å². The Morgan fingerprint density at radius 3 is 1.42 bits per heavy atom. The Labute approximate surface area is 411 Å². The van der Waals surface area contributed by atoms with Crippen molar-refractivity contribution >= 4 is 34.1 Å². The van der Waals surface area contributed by atoms with E-state index in [4.69, 9.17) is 0 Å². The van der Waals surface area contributed by atoms with Crippen molar-refractivity contribution in [3.8, 4) is 22.3 Å². The molecule has 0 heterocycles. The smallest absolute Gasteiger partial charge is 0.0496 e. The monoisotopic (exact) mass is 899 g/mol. The summed E-state index contributed by atoms with van der Waals surface area (Å²) < 4.78 is 0. The zero-order valence-electron chi connectivity index (χ0n) is 40.8. The van der Waals surface area contributed by atoms with Gasteiger partial charge in [0, 0.05) is 39.5 Å². The van der Waals surface area contributed by atoms with Gasteiger partial charge >= 0.3 is 0 Å². The van der Waals surface area contributed by atoms with Gasteiger partial charge in [-0.3, -0.25) is 0 Å². The van der Waals surface area contributed by atoms with E-state index in [1.165, 1.54) is 165 Å². The lowest BCUT2D eigenvalue weighted by molar-refractivity contribution is 0.443. The number of hydrogen-bond acceptors (Lipinski definition) is 2. The molecule has 69 heavy (non-hydrogen) atoms. The molecule has 2 heteroatoms. The maximum Gasteiger partial charge on any atom is 0.0496 e. The molecule has 344 valence electrons. The summed E-state index contributed by atoms with van der Waals surface area (Å²) in [6.45, 7) is 4.85. The number of anilines is 6. The van der Waals surface area contributed by atoms with Crippen molar-refractivity contribution in [3.63, 3.8) is 0 Å². The van der Waals surface area contributed by atoms with Crippen LogP contribution < -0.4 is 9.80 Å². The highest BCUT2D eigenvalue weighted by atomic mass is 15.2. The molecule has 8 aromatic carbocycles. The number of para-hydroxylation sites is 1. The molecule has 0 amide bonds. The van der Waals surface area contributed by atoms with Crippen LogP contribution in [-0.4, -0.2) is 0 Å². The maximum absolute atomic E-state index is 2.61. The van der Waals surface area contributed by atoms with Crippen molar-refractivity contribution in [1.29, 1.82) is 0 Å². The van der Waals surface area contributed by atoms with E-state index in [0.717, 1.165) is 25.7 Å². The van der Waals surface area contributed by atoms with Gasteiger partial charge in [-0.05, 0) is 191 Å². The molecule has 0 aromatic heterocycles. The van der Waals surface area contributed by atoms with Crippen LogP contribution in [0.4, 0.5) is 34.1 Å². The van der Waals surface area contributed by atoms with Gasteiger partial charge in [-0.15, -0.1) is 0 Å². The van der Waals surface area contributed by atoms with Crippen LogP contribution in [0.1, 0.15) is 134 Å². The standard InChI is InChI=1S/C67H66N2/c1-67(2)62-25-15-24-60(53-20-11-5-12-21-53)66(62)61-43-42-59(46-63(61)67)69(58-40-36-52(37-41-58)50-18-9-4-10-19-50)65-45-48-27-31-54-30-26-47(28-32-55(65)33-29-48)44-64(54)68(56-22-13-6-14-23-56)57-38-34-51(35-39-57)49-16-7-3-8-17-49/h5-6,11-15,20-26,29-30,33-46,49-50H,3-4,7-10,16-19,27-28,31-32H2,1-2H3. The second-order valence-corrected chi connectivity index (χ2v) is 21.2. The van der Waals surface area contributed by atoms with Crippen molar-refractivity contribution in [1.82, 2.24) is 0 Å². The molecular weight excluding hydrogens is 833 g/mol. The van der Waals surface area contributed by atoms with Gasteiger partial charge in [0.1, 0.15) is 0 Å². The summed E-state index contributed by atoms with van der Waals surface area (Å²) in [5.41, 5.74) is 24.0. The fourth-order valence-corrected chi connectivity index (χ4v) is 12.8. The number of rotatable bonds is 9. The summed E-state index contributed by atoms with van der Waals surface area (Å²) in [5.74, 6) is 1.36. The largest absolute Gasteiger partial charge is 0.310 e. The molecule has 0 spiro atoms. The van der Waals surface area contributed by atoms with Crippen LogP contribution in [0.5, 0.6) is 0 Å². The summed E-state index contributed by atoms with van der Waals surface area (Å²) in [4.78, 5) is 5.13. The average Bonchev–Trinajstić information content (AvgIpc) is 3.64. The molecule has 2 nitrogen and oxygen atoms in total. The summed E-state index contributed by atoms with van der Waals surface area (Å²) in [5, 5.41) is 0. The average molecular weight is 899 g/mol. The Kier molecular flexibility index (Phi) is 11.8. The van der Waals surface area contributed by atoms with Gasteiger partial charge < -0.3 is 9.80 Å². The first-order chi connectivity index (χ1) is 34.0. The molecule has 4 bridgehead atoms. The van der Waals surface area contributed by atoms with E-state index in [2.05, 4.69) is 206 Å². The molecule has 7 aliphatic carbocycles. The third kappa shape index (κ3) is 8.41. The van der Waals surface area contributed by atoms with Gasteiger partial charge in [-0.25, -0.2) is 0 Å². The van der Waals surface area contributed by atoms with E-state index in [9.17, 15) is 0 Å². The predicted octanol–water partition coefficient (Wildman–Crippen LogP) is 18.6. The first-order valence-electron chi connectivity index (χ1n) is 26.4. The van der Waals surface area contributed by atoms with E-state index in [1.807, 2.05) is 0 Å².